The first kappa shape index (κ1) is 15.0. The number of nitrogens with one attached hydrogen (secondary N) is 1. The molecule has 0 aliphatic heterocycles. The van der Waals surface area contributed by atoms with Gasteiger partial charge in [-0.05, 0) is 55.6 Å². The third kappa shape index (κ3) is 3.58. The van der Waals surface area contributed by atoms with Gasteiger partial charge in [-0.25, -0.2) is 0 Å². The van der Waals surface area contributed by atoms with Gasteiger partial charge in [-0.15, -0.1) is 0 Å². The molecule has 0 radical (unpaired) electrons. The van der Waals surface area contributed by atoms with Crippen molar-refractivity contribution in [2.75, 3.05) is 11.9 Å². The molecule has 0 saturated heterocycles. The van der Waals surface area contributed by atoms with Gasteiger partial charge in [0.15, 0.2) is 0 Å². The average Bonchev–Trinajstić information content (AvgIpc) is 2.33. The molecule has 1 aromatic carbocycles. The van der Waals surface area contributed by atoms with Crippen LogP contribution in [0.4, 0.5) is 11.6 Å². The molecule has 2 aromatic rings. The van der Waals surface area contributed by atoms with Gasteiger partial charge >= 0.3 is 6.01 Å². The maximum Gasteiger partial charge on any atom is 0.322 e. The first-order valence-corrected chi connectivity index (χ1v) is 7.25. The van der Waals surface area contributed by atoms with Crippen LogP contribution in [0.25, 0.3) is 0 Å². The smallest absolute Gasteiger partial charge is 0.322 e. The average molecular weight is 358 g/mol. The van der Waals surface area contributed by atoms with E-state index in [1.807, 2.05) is 32.9 Å². The summed E-state index contributed by atoms with van der Waals surface area (Å²) in [4.78, 5) is 12.1. The largest absolute Gasteiger partial charge is 0.464 e. The second kappa shape index (κ2) is 6.37. The Labute approximate surface area is 130 Å². The second-order valence-corrected chi connectivity index (χ2v) is 5.44. The van der Waals surface area contributed by atoms with E-state index < -0.39 is 0 Å². The Hall–Kier alpha value is -1.40. The van der Waals surface area contributed by atoms with Crippen molar-refractivity contribution in [1.29, 1.82) is 0 Å². The zero-order valence-corrected chi connectivity index (χ0v) is 13.7. The quantitative estimate of drug-likeness (QED) is 0.894. The Balaban J connectivity index is 2.35. The first-order chi connectivity index (χ1) is 9.49. The van der Waals surface area contributed by atoms with Gasteiger partial charge in [0.05, 0.1) is 6.61 Å². The Morgan fingerprint density at radius 3 is 2.45 bits per heavy atom. The minimum Gasteiger partial charge on any atom is -0.464 e. The maximum atomic E-state index is 5.87. The molecule has 1 N–H and O–H groups in total. The molecule has 0 amide bonds. The monoisotopic (exact) mass is 356 g/mol. The Kier molecular flexibility index (Phi) is 4.77. The summed E-state index contributed by atoms with van der Waals surface area (Å²) in [6.45, 7) is 6.34. The van der Waals surface area contributed by atoms with Gasteiger partial charge in [-0.2, -0.15) is 15.0 Å². The fourth-order valence-electron chi connectivity index (χ4n) is 1.80. The summed E-state index contributed by atoms with van der Waals surface area (Å²) in [6, 6.07) is 4.24. The predicted octanol–water partition coefficient (Wildman–Crippen LogP) is 4.05. The molecule has 1 aromatic heterocycles. The molecule has 0 spiro atoms. The van der Waals surface area contributed by atoms with Crippen LogP contribution in [0.2, 0.25) is 5.28 Å². The number of rotatable bonds is 4. The van der Waals surface area contributed by atoms with Crippen molar-refractivity contribution in [3.63, 3.8) is 0 Å². The summed E-state index contributed by atoms with van der Waals surface area (Å²) in [7, 11) is 0. The Bertz CT molecular complexity index is 613. The number of anilines is 2. The highest BCUT2D eigenvalue weighted by Gasteiger charge is 2.09. The zero-order chi connectivity index (χ0) is 14.7. The predicted molar refractivity (Wildman–Crippen MR) is 82.9 cm³/mol. The lowest BCUT2D eigenvalue weighted by Gasteiger charge is -2.12. The molecule has 0 aliphatic carbocycles. The number of aromatic nitrogens is 3. The van der Waals surface area contributed by atoms with Gasteiger partial charge < -0.3 is 10.1 Å². The van der Waals surface area contributed by atoms with E-state index in [1.165, 1.54) is 0 Å². The minimum atomic E-state index is 0.0957. The molecular formula is C13H14BrClN4O. The van der Waals surface area contributed by atoms with E-state index in [9.17, 15) is 0 Å². The van der Waals surface area contributed by atoms with Crippen molar-refractivity contribution >= 4 is 39.2 Å². The summed E-state index contributed by atoms with van der Waals surface area (Å²) in [5.74, 6) is 0.363. The van der Waals surface area contributed by atoms with Crippen molar-refractivity contribution in [3.8, 4) is 6.01 Å². The van der Waals surface area contributed by atoms with Crippen LogP contribution in [0.15, 0.2) is 16.6 Å². The van der Waals surface area contributed by atoms with Crippen molar-refractivity contribution in [1.82, 2.24) is 15.0 Å². The zero-order valence-electron chi connectivity index (χ0n) is 11.4. The SMILES string of the molecule is CCOc1nc(Cl)nc(Nc2c(C)cc(Br)cc2C)n1. The number of hydrogen-bond donors (Lipinski definition) is 1. The minimum absolute atomic E-state index is 0.0957. The molecule has 2 rings (SSSR count). The highest BCUT2D eigenvalue weighted by molar-refractivity contribution is 9.10. The van der Waals surface area contributed by atoms with Crippen molar-refractivity contribution < 1.29 is 4.74 Å². The number of hydrogen-bond acceptors (Lipinski definition) is 5. The van der Waals surface area contributed by atoms with Gasteiger partial charge in [0, 0.05) is 10.2 Å². The van der Waals surface area contributed by atoms with Crippen molar-refractivity contribution in [3.05, 3.63) is 33.0 Å². The molecule has 1 heterocycles. The van der Waals surface area contributed by atoms with E-state index in [1.54, 1.807) is 0 Å². The van der Waals surface area contributed by atoms with Gasteiger partial charge in [0.1, 0.15) is 0 Å². The summed E-state index contributed by atoms with van der Waals surface area (Å²) < 4.78 is 6.28. The lowest BCUT2D eigenvalue weighted by Crippen LogP contribution is -2.05. The molecule has 20 heavy (non-hydrogen) atoms. The summed E-state index contributed by atoms with van der Waals surface area (Å²) in [5.41, 5.74) is 3.09. The number of ether oxygens (including phenoxy) is 1. The van der Waals surface area contributed by atoms with Crippen LogP contribution in [-0.2, 0) is 0 Å². The summed E-state index contributed by atoms with van der Waals surface area (Å²) in [5, 5.41) is 3.26. The van der Waals surface area contributed by atoms with Crippen molar-refractivity contribution in [2.24, 2.45) is 0 Å². The third-order valence-corrected chi connectivity index (χ3v) is 3.22. The van der Waals surface area contributed by atoms with E-state index >= 15 is 0 Å². The lowest BCUT2D eigenvalue weighted by molar-refractivity contribution is 0.312. The Morgan fingerprint density at radius 2 is 1.85 bits per heavy atom. The van der Waals surface area contributed by atoms with Crippen LogP contribution >= 0.6 is 27.5 Å². The van der Waals surface area contributed by atoms with Crippen LogP contribution in [0.5, 0.6) is 6.01 Å². The van der Waals surface area contributed by atoms with Crippen LogP contribution < -0.4 is 10.1 Å². The van der Waals surface area contributed by atoms with E-state index in [2.05, 4.69) is 36.2 Å². The third-order valence-electron chi connectivity index (χ3n) is 2.60. The molecule has 0 saturated carbocycles. The second-order valence-electron chi connectivity index (χ2n) is 4.18. The normalized spacial score (nSPS) is 10.4. The molecule has 0 unspecified atom stereocenters. The lowest BCUT2D eigenvalue weighted by atomic mass is 10.1. The van der Waals surface area contributed by atoms with Crippen LogP contribution in [0, 0.1) is 13.8 Å². The van der Waals surface area contributed by atoms with Crippen LogP contribution in [-0.4, -0.2) is 21.6 Å². The van der Waals surface area contributed by atoms with E-state index in [4.69, 9.17) is 16.3 Å². The molecule has 106 valence electrons. The molecular weight excluding hydrogens is 344 g/mol. The molecule has 0 fully saturated rings. The molecule has 5 nitrogen and oxygen atoms in total. The maximum absolute atomic E-state index is 5.87. The fourth-order valence-corrected chi connectivity index (χ4v) is 2.64. The summed E-state index contributed by atoms with van der Waals surface area (Å²) in [6.07, 6.45) is 0. The van der Waals surface area contributed by atoms with Crippen LogP contribution in [0.3, 0.4) is 0 Å². The van der Waals surface area contributed by atoms with Gasteiger partial charge in [-0.1, -0.05) is 15.9 Å². The molecule has 0 atom stereocenters. The Morgan fingerprint density at radius 1 is 1.20 bits per heavy atom. The molecule has 0 bridgehead atoms. The molecule has 0 aliphatic rings. The number of nitrogens with zero attached hydrogens (tertiary/aromatic N) is 3. The van der Waals surface area contributed by atoms with E-state index in [0.29, 0.717) is 12.6 Å². The fraction of sp³-hybridized carbons (Fsp3) is 0.308. The van der Waals surface area contributed by atoms with Crippen molar-refractivity contribution in [2.45, 2.75) is 20.8 Å². The summed E-state index contributed by atoms with van der Waals surface area (Å²) >= 11 is 9.33. The van der Waals surface area contributed by atoms with Crippen LogP contribution in [0.1, 0.15) is 18.1 Å². The number of halogens is 2. The first-order valence-electron chi connectivity index (χ1n) is 6.07. The molecule has 7 heteroatoms. The van der Waals surface area contributed by atoms with Gasteiger partial charge in [0.2, 0.25) is 11.2 Å². The van der Waals surface area contributed by atoms with E-state index in [-0.39, 0.29) is 11.3 Å². The number of benzene rings is 1. The van der Waals surface area contributed by atoms with Gasteiger partial charge in [0.25, 0.3) is 0 Å². The van der Waals surface area contributed by atoms with Gasteiger partial charge in [-0.3, -0.25) is 0 Å². The highest BCUT2D eigenvalue weighted by atomic mass is 79.9. The number of aryl methyl sites for hydroxylation is 2. The van der Waals surface area contributed by atoms with E-state index in [0.717, 1.165) is 21.3 Å². The highest BCUT2D eigenvalue weighted by Crippen LogP contribution is 2.27. The standard InChI is InChI=1S/C13H14BrClN4O/c1-4-20-13-18-11(15)17-12(19-13)16-10-7(2)5-9(14)6-8(10)3/h5-6H,4H2,1-3H3,(H,16,17,18,19). The topological polar surface area (TPSA) is 59.9 Å².